The Bertz CT molecular complexity index is 228. The maximum Gasteiger partial charge on any atom is 0.125 e. The van der Waals surface area contributed by atoms with Crippen LogP contribution in [-0.4, -0.2) is 23.1 Å². The van der Waals surface area contributed by atoms with E-state index in [2.05, 4.69) is 15.3 Å². The van der Waals surface area contributed by atoms with Gasteiger partial charge in [0.05, 0.1) is 0 Å². The molecule has 0 aromatic carbocycles. The van der Waals surface area contributed by atoms with Gasteiger partial charge < -0.3 is 5.32 Å². The van der Waals surface area contributed by atoms with Crippen molar-refractivity contribution in [3.8, 4) is 0 Å². The number of hydrogen-bond acceptors (Lipinski definition) is 3. The average molecular weight is 193 g/mol. The molecule has 0 bridgehead atoms. The second-order valence-electron chi connectivity index (χ2n) is 3.56. The third kappa shape index (κ3) is 4.92. The summed E-state index contributed by atoms with van der Waals surface area (Å²) in [5.74, 6) is 0.838. The van der Waals surface area contributed by atoms with E-state index < -0.39 is 0 Å². The largest absolute Gasteiger partial charge is 0.317 e. The molecule has 1 aromatic rings. The summed E-state index contributed by atoms with van der Waals surface area (Å²) in [5, 5.41) is 3.28. The maximum atomic E-state index is 4.06. The summed E-state index contributed by atoms with van der Waals surface area (Å²) in [6, 6.07) is 1.88. The van der Waals surface area contributed by atoms with Gasteiger partial charge in [0.1, 0.15) is 5.82 Å². The van der Waals surface area contributed by atoms with Crippen molar-refractivity contribution < 1.29 is 0 Å². The lowest BCUT2D eigenvalue weighted by atomic mass is 10.2. The number of nitrogens with one attached hydrogen (secondary N) is 1. The fourth-order valence-corrected chi connectivity index (χ4v) is 1.38. The SMILES string of the molecule is C1CCNCC1.Cc1ccnc(C)n1. The molecular weight excluding hydrogens is 174 g/mol. The minimum absolute atomic E-state index is 0.838. The van der Waals surface area contributed by atoms with E-state index in [1.165, 1.54) is 32.4 Å². The molecule has 0 radical (unpaired) electrons. The minimum Gasteiger partial charge on any atom is -0.317 e. The highest BCUT2D eigenvalue weighted by molar-refractivity contribution is 4.97. The van der Waals surface area contributed by atoms with Crippen LogP contribution in [0.1, 0.15) is 30.8 Å². The van der Waals surface area contributed by atoms with Crippen LogP contribution in [0.25, 0.3) is 0 Å². The van der Waals surface area contributed by atoms with Gasteiger partial charge in [0, 0.05) is 11.9 Å². The van der Waals surface area contributed by atoms with Gasteiger partial charge in [0.25, 0.3) is 0 Å². The van der Waals surface area contributed by atoms with Gasteiger partial charge in [0.2, 0.25) is 0 Å². The van der Waals surface area contributed by atoms with Crippen LogP contribution in [0.15, 0.2) is 12.3 Å². The fourth-order valence-electron chi connectivity index (χ4n) is 1.38. The average Bonchev–Trinajstić information content (AvgIpc) is 2.21. The van der Waals surface area contributed by atoms with Crippen molar-refractivity contribution >= 4 is 0 Å². The number of hydrogen-bond donors (Lipinski definition) is 1. The van der Waals surface area contributed by atoms with Gasteiger partial charge in [-0.2, -0.15) is 0 Å². The first kappa shape index (κ1) is 11.1. The summed E-state index contributed by atoms with van der Waals surface area (Å²) in [6.45, 7) is 6.34. The van der Waals surface area contributed by atoms with Crippen molar-refractivity contribution in [2.24, 2.45) is 0 Å². The van der Waals surface area contributed by atoms with Gasteiger partial charge in [0.15, 0.2) is 0 Å². The molecule has 1 N–H and O–H groups in total. The van der Waals surface area contributed by atoms with Crippen LogP contribution in [0, 0.1) is 13.8 Å². The second-order valence-corrected chi connectivity index (χ2v) is 3.56. The predicted molar refractivity (Wildman–Crippen MR) is 58.2 cm³/mol. The Hall–Kier alpha value is -0.960. The molecule has 2 heterocycles. The van der Waals surface area contributed by atoms with Gasteiger partial charge in [-0.1, -0.05) is 6.42 Å². The summed E-state index contributed by atoms with van der Waals surface area (Å²) >= 11 is 0. The Balaban J connectivity index is 0.000000146. The summed E-state index contributed by atoms with van der Waals surface area (Å²) in [7, 11) is 0. The first-order valence-electron chi connectivity index (χ1n) is 5.26. The van der Waals surface area contributed by atoms with Crippen molar-refractivity contribution in [3.05, 3.63) is 23.8 Å². The molecule has 0 saturated carbocycles. The van der Waals surface area contributed by atoms with Crippen LogP contribution in [0.4, 0.5) is 0 Å². The third-order valence-corrected chi connectivity index (χ3v) is 2.12. The minimum atomic E-state index is 0.838. The zero-order chi connectivity index (χ0) is 10.2. The fraction of sp³-hybridized carbons (Fsp3) is 0.636. The van der Waals surface area contributed by atoms with Gasteiger partial charge in [-0.25, -0.2) is 9.97 Å². The molecule has 78 valence electrons. The van der Waals surface area contributed by atoms with Crippen LogP contribution in [0.5, 0.6) is 0 Å². The van der Waals surface area contributed by atoms with Crippen LogP contribution in [0.3, 0.4) is 0 Å². The van der Waals surface area contributed by atoms with E-state index in [-0.39, 0.29) is 0 Å². The molecule has 3 heteroatoms. The number of rotatable bonds is 0. The molecule has 1 aromatic heterocycles. The molecule has 1 aliphatic heterocycles. The summed E-state index contributed by atoms with van der Waals surface area (Å²) in [6.07, 6.45) is 5.98. The van der Waals surface area contributed by atoms with Gasteiger partial charge in [-0.15, -0.1) is 0 Å². The monoisotopic (exact) mass is 193 g/mol. The van der Waals surface area contributed by atoms with Crippen molar-refractivity contribution in [1.82, 2.24) is 15.3 Å². The number of nitrogens with zero attached hydrogens (tertiary/aromatic N) is 2. The van der Waals surface area contributed by atoms with E-state index in [1.807, 2.05) is 19.9 Å². The first-order valence-corrected chi connectivity index (χ1v) is 5.26. The molecule has 0 atom stereocenters. The van der Waals surface area contributed by atoms with E-state index in [0.717, 1.165) is 11.5 Å². The second kappa shape index (κ2) is 6.49. The van der Waals surface area contributed by atoms with Gasteiger partial charge in [-0.05, 0) is 45.8 Å². The topological polar surface area (TPSA) is 37.8 Å². The van der Waals surface area contributed by atoms with Gasteiger partial charge in [-0.3, -0.25) is 0 Å². The predicted octanol–water partition coefficient (Wildman–Crippen LogP) is 1.85. The Morgan fingerprint density at radius 2 is 1.86 bits per heavy atom. The molecule has 0 unspecified atom stereocenters. The third-order valence-electron chi connectivity index (χ3n) is 2.12. The zero-order valence-corrected chi connectivity index (χ0v) is 9.08. The highest BCUT2D eigenvalue weighted by Gasteiger charge is 1.93. The van der Waals surface area contributed by atoms with E-state index >= 15 is 0 Å². The normalized spacial score (nSPS) is 15.6. The van der Waals surface area contributed by atoms with Gasteiger partial charge >= 0.3 is 0 Å². The number of aromatic nitrogens is 2. The van der Waals surface area contributed by atoms with Crippen molar-refractivity contribution in [1.29, 1.82) is 0 Å². The van der Waals surface area contributed by atoms with Crippen LogP contribution < -0.4 is 5.32 Å². The lowest BCUT2D eigenvalue weighted by Crippen LogP contribution is -2.21. The molecule has 14 heavy (non-hydrogen) atoms. The number of piperidine rings is 1. The Morgan fingerprint density at radius 3 is 2.14 bits per heavy atom. The van der Waals surface area contributed by atoms with Crippen LogP contribution in [-0.2, 0) is 0 Å². The van der Waals surface area contributed by atoms with E-state index in [4.69, 9.17) is 0 Å². The summed E-state index contributed by atoms with van der Waals surface area (Å²) < 4.78 is 0. The van der Waals surface area contributed by atoms with Crippen LogP contribution in [0.2, 0.25) is 0 Å². The maximum absolute atomic E-state index is 4.06. The van der Waals surface area contributed by atoms with Crippen molar-refractivity contribution in [2.75, 3.05) is 13.1 Å². The first-order chi connectivity index (χ1) is 6.79. The molecular formula is C11H19N3. The molecule has 1 aliphatic rings. The Kier molecular flexibility index (Phi) is 5.15. The Labute approximate surface area is 86.0 Å². The molecule has 3 nitrogen and oxygen atoms in total. The van der Waals surface area contributed by atoms with E-state index in [1.54, 1.807) is 6.20 Å². The molecule has 1 fully saturated rings. The van der Waals surface area contributed by atoms with E-state index in [0.29, 0.717) is 0 Å². The Morgan fingerprint density at radius 1 is 1.14 bits per heavy atom. The molecule has 2 rings (SSSR count). The molecule has 1 saturated heterocycles. The lowest BCUT2D eigenvalue weighted by molar-refractivity contribution is 0.520. The van der Waals surface area contributed by atoms with Crippen molar-refractivity contribution in [3.63, 3.8) is 0 Å². The molecule has 0 aliphatic carbocycles. The summed E-state index contributed by atoms with van der Waals surface area (Å²) in [4.78, 5) is 7.99. The standard InChI is InChI=1S/C6H8N2.C5H11N/c1-5-3-4-7-6(2)8-5;1-2-4-6-5-3-1/h3-4H,1-2H3;6H,1-5H2. The smallest absolute Gasteiger partial charge is 0.125 e. The molecule has 0 amide bonds. The number of aryl methyl sites for hydroxylation is 2. The van der Waals surface area contributed by atoms with Crippen LogP contribution >= 0.6 is 0 Å². The summed E-state index contributed by atoms with van der Waals surface area (Å²) in [5.41, 5.74) is 1.03. The van der Waals surface area contributed by atoms with E-state index in [9.17, 15) is 0 Å². The zero-order valence-electron chi connectivity index (χ0n) is 9.08. The van der Waals surface area contributed by atoms with Crippen molar-refractivity contribution in [2.45, 2.75) is 33.1 Å². The highest BCUT2D eigenvalue weighted by Crippen LogP contribution is 1.96. The highest BCUT2D eigenvalue weighted by atomic mass is 14.9. The molecule has 0 spiro atoms. The quantitative estimate of drug-likeness (QED) is 0.683. The lowest BCUT2D eigenvalue weighted by Gasteiger charge is -2.08.